The van der Waals surface area contributed by atoms with Gasteiger partial charge in [-0.05, 0) is 24.3 Å². The van der Waals surface area contributed by atoms with E-state index in [1.165, 1.54) is 12.2 Å². The summed E-state index contributed by atoms with van der Waals surface area (Å²) in [5.41, 5.74) is 0. The number of rotatable bonds is 1. The number of allylic oxidation sites excluding steroid dienone is 4. The molecule has 0 aromatic carbocycles. The predicted octanol–water partition coefficient (Wildman–Crippen LogP) is 0.980. The molecule has 0 saturated carbocycles. The van der Waals surface area contributed by atoms with Crippen LogP contribution in [0, 0.1) is 0 Å². The first kappa shape index (κ1) is 8.50. The van der Waals surface area contributed by atoms with Crippen LogP contribution < -0.4 is 0 Å². The molecule has 0 spiro atoms. The molecule has 4 nitrogen and oxygen atoms in total. The number of esters is 2. The minimum absolute atomic E-state index is 0.395. The number of ether oxygens (including phenoxy) is 2. The molecule has 0 bridgehead atoms. The molecular weight excluding hydrogens is 184 g/mol. The fourth-order valence-electron chi connectivity index (χ4n) is 1.01. The molecule has 0 amide bonds. The Kier molecular flexibility index (Phi) is 2.02. The van der Waals surface area contributed by atoms with Crippen LogP contribution in [0.5, 0.6) is 0 Å². The van der Waals surface area contributed by atoms with Crippen molar-refractivity contribution in [2.24, 2.45) is 0 Å². The molecule has 0 N–H and O–H groups in total. The van der Waals surface area contributed by atoms with E-state index in [-0.39, 0.29) is 0 Å². The van der Waals surface area contributed by atoms with Gasteiger partial charge in [0.2, 0.25) is 0 Å². The average Bonchev–Trinajstić information content (AvgIpc) is 2.72. The van der Waals surface area contributed by atoms with Crippen LogP contribution in [0.3, 0.4) is 0 Å². The molecule has 2 heterocycles. The number of carbonyl (C=O) groups is 2. The van der Waals surface area contributed by atoms with Crippen LogP contribution >= 0.6 is 0 Å². The van der Waals surface area contributed by atoms with Crippen molar-refractivity contribution in [3.8, 4) is 0 Å². The Balaban J connectivity index is 2.06. The van der Waals surface area contributed by atoms with Crippen molar-refractivity contribution in [1.82, 2.24) is 0 Å². The topological polar surface area (TPSA) is 52.6 Å². The monoisotopic (exact) mass is 190 g/mol. The van der Waals surface area contributed by atoms with Gasteiger partial charge in [-0.3, -0.25) is 0 Å². The summed E-state index contributed by atoms with van der Waals surface area (Å²) in [6, 6.07) is 0. The van der Waals surface area contributed by atoms with Gasteiger partial charge < -0.3 is 9.47 Å². The molecule has 0 aromatic heterocycles. The summed E-state index contributed by atoms with van der Waals surface area (Å²) in [5.74, 6) is 0.0694. The summed E-state index contributed by atoms with van der Waals surface area (Å²) in [4.78, 5) is 21.3. The van der Waals surface area contributed by atoms with Crippen LogP contribution in [0.1, 0.15) is 0 Å². The Morgan fingerprint density at radius 3 is 1.50 bits per heavy atom. The van der Waals surface area contributed by atoms with Crippen LogP contribution in [0.4, 0.5) is 0 Å². The van der Waals surface area contributed by atoms with Gasteiger partial charge >= 0.3 is 11.9 Å². The van der Waals surface area contributed by atoms with Gasteiger partial charge in [0.15, 0.2) is 0 Å². The average molecular weight is 190 g/mol. The van der Waals surface area contributed by atoms with Crippen molar-refractivity contribution in [3.63, 3.8) is 0 Å². The maximum Gasteiger partial charge on any atom is 0.336 e. The summed E-state index contributed by atoms with van der Waals surface area (Å²) >= 11 is 0. The first-order valence-electron chi connectivity index (χ1n) is 3.96. The van der Waals surface area contributed by atoms with E-state index in [0.29, 0.717) is 11.5 Å². The smallest absolute Gasteiger partial charge is 0.336 e. The minimum atomic E-state index is -0.395. The highest BCUT2D eigenvalue weighted by molar-refractivity contribution is 5.87. The molecule has 0 aromatic rings. The van der Waals surface area contributed by atoms with Crippen molar-refractivity contribution < 1.29 is 19.1 Å². The third-order valence-electron chi connectivity index (χ3n) is 1.62. The number of carbonyl (C=O) groups excluding carboxylic acids is 2. The van der Waals surface area contributed by atoms with Gasteiger partial charge in [0, 0.05) is 12.2 Å². The Bertz CT molecular complexity index is 370. The standard InChI is InChI=1S/C10H6O4/c11-9-5-3-7(13-9)1-2-8-4-6-10(12)14-8/h1-6H/b7-1+,8-2+. The van der Waals surface area contributed by atoms with E-state index in [4.69, 9.17) is 9.47 Å². The third-order valence-corrected chi connectivity index (χ3v) is 1.62. The lowest BCUT2D eigenvalue weighted by Gasteiger charge is -1.94. The molecule has 14 heavy (non-hydrogen) atoms. The van der Waals surface area contributed by atoms with E-state index in [9.17, 15) is 9.59 Å². The Morgan fingerprint density at radius 2 is 1.21 bits per heavy atom. The van der Waals surface area contributed by atoms with Crippen LogP contribution in [0.2, 0.25) is 0 Å². The van der Waals surface area contributed by atoms with Gasteiger partial charge in [0.25, 0.3) is 0 Å². The van der Waals surface area contributed by atoms with Crippen LogP contribution in [-0.4, -0.2) is 11.9 Å². The zero-order chi connectivity index (χ0) is 9.97. The second-order valence-corrected chi connectivity index (χ2v) is 2.65. The van der Waals surface area contributed by atoms with Gasteiger partial charge in [-0.2, -0.15) is 0 Å². The normalized spacial score (nSPS) is 24.9. The highest BCUT2D eigenvalue weighted by Crippen LogP contribution is 2.13. The number of hydrogen-bond donors (Lipinski definition) is 0. The van der Waals surface area contributed by atoms with Crippen LogP contribution in [0.25, 0.3) is 0 Å². The molecule has 0 aliphatic carbocycles. The lowest BCUT2D eigenvalue weighted by molar-refractivity contribution is -0.133. The summed E-state index contributed by atoms with van der Waals surface area (Å²) in [7, 11) is 0. The molecule has 0 fully saturated rings. The highest BCUT2D eigenvalue weighted by atomic mass is 16.5. The molecule has 0 radical (unpaired) electrons. The molecule has 0 saturated heterocycles. The Morgan fingerprint density at radius 1 is 0.786 bits per heavy atom. The predicted molar refractivity (Wildman–Crippen MR) is 46.6 cm³/mol. The van der Waals surface area contributed by atoms with E-state index in [0.717, 1.165) is 0 Å². The lowest BCUT2D eigenvalue weighted by atomic mass is 10.3. The molecule has 70 valence electrons. The number of cyclic esters (lactones) is 2. The van der Waals surface area contributed by atoms with Gasteiger partial charge in [-0.15, -0.1) is 0 Å². The van der Waals surface area contributed by atoms with Gasteiger partial charge in [-0.25, -0.2) is 9.59 Å². The zero-order valence-electron chi connectivity index (χ0n) is 7.10. The van der Waals surface area contributed by atoms with E-state index in [1.807, 2.05) is 0 Å². The Labute approximate surface area is 79.8 Å². The van der Waals surface area contributed by atoms with Gasteiger partial charge in [-0.1, -0.05) is 0 Å². The minimum Gasteiger partial charge on any atom is -0.423 e. The van der Waals surface area contributed by atoms with Crippen molar-refractivity contribution in [2.75, 3.05) is 0 Å². The quantitative estimate of drug-likeness (QED) is 0.578. The Hall–Kier alpha value is -2.10. The van der Waals surface area contributed by atoms with E-state index >= 15 is 0 Å². The molecule has 0 atom stereocenters. The van der Waals surface area contributed by atoms with Crippen molar-refractivity contribution in [1.29, 1.82) is 0 Å². The molecule has 0 unspecified atom stereocenters. The second-order valence-electron chi connectivity index (χ2n) is 2.65. The van der Waals surface area contributed by atoms with Crippen molar-refractivity contribution in [2.45, 2.75) is 0 Å². The number of hydrogen-bond acceptors (Lipinski definition) is 4. The molecule has 4 heteroatoms. The molecule has 2 aliphatic rings. The molecular formula is C10H6O4. The van der Waals surface area contributed by atoms with E-state index in [2.05, 4.69) is 0 Å². The zero-order valence-corrected chi connectivity index (χ0v) is 7.10. The van der Waals surface area contributed by atoms with Crippen LogP contribution in [-0.2, 0) is 19.1 Å². The van der Waals surface area contributed by atoms with Crippen LogP contribution in [0.15, 0.2) is 48.0 Å². The van der Waals surface area contributed by atoms with Gasteiger partial charge in [0.1, 0.15) is 11.5 Å². The maximum absolute atomic E-state index is 10.6. The fourth-order valence-corrected chi connectivity index (χ4v) is 1.01. The van der Waals surface area contributed by atoms with Crippen molar-refractivity contribution in [3.05, 3.63) is 48.0 Å². The maximum atomic E-state index is 10.6. The fraction of sp³-hybridized carbons (Fsp3) is 0. The summed E-state index contributed by atoms with van der Waals surface area (Å²) in [6.45, 7) is 0. The summed E-state index contributed by atoms with van der Waals surface area (Å²) in [5, 5.41) is 0. The van der Waals surface area contributed by atoms with E-state index in [1.54, 1.807) is 24.3 Å². The molecule has 2 rings (SSSR count). The second kappa shape index (κ2) is 3.33. The molecule has 2 aliphatic heterocycles. The van der Waals surface area contributed by atoms with Crippen molar-refractivity contribution >= 4 is 11.9 Å². The highest BCUT2D eigenvalue weighted by Gasteiger charge is 2.10. The summed E-state index contributed by atoms with van der Waals surface area (Å²) < 4.78 is 9.50. The first-order chi connectivity index (χ1) is 6.74. The lowest BCUT2D eigenvalue weighted by Crippen LogP contribution is -1.91. The van der Waals surface area contributed by atoms with E-state index < -0.39 is 11.9 Å². The summed E-state index contributed by atoms with van der Waals surface area (Å²) in [6.07, 6.45) is 8.83. The SMILES string of the molecule is O=C1C=C/C(=C\C=C2/C=CC(=O)O2)O1. The van der Waals surface area contributed by atoms with Gasteiger partial charge in [0.05, 0.1) is 0 Å². The largest absolute Gasteiger partial charge is 0.423 e. The third kappa shape index (κ3) is 1.80. The first-order valence-corrected chi connectivity index (χ1v) is 3.96.